The predicted octanol–water partition coefficient (Wildman–Crippen LogP) is 1.81. The molecule has 0 saturated carbocycles. The van der Waals surface area contributed by atoms with Crippen LogP contribution in [-0.2, 0) is 14.8 Å². The monoisotopic (exact) mass is 352 g/mol. The number of halogens is 1. The van der Waals surface area contributed by atoms with Crippen molar-refractivity contribution in [2.45, 2.75) is 24.3 Å². The van der Waals surface area contributed by atoms with Crippen LogP contribution in [0.5, 0.6) is 0 Å². The first-order valence-electron chi connectivity index (χ1n) is 6.83. The number of sulfonamides is 1. The van der Waals surface area contributed by atoms with E-state index >= 15 is 0 Å². The van der Waals surface area contributed by atoms with Gasteiger partial charge in [0.1, 0.15) is 0 Å². The van der Waals surface area contributed by atoms with Gasteiger partial charge in [-0.2, -0.15) is 0 Å². The predicted molar refractivity (Wildman–Crippen MR) is 85.3 cm³/mol. The molecule has 5 nitrogen and oxygen atoms in total. The second-order valence-corrected chi connectivity index (χ2v) is 7.21. The normalized spacial score (nSPS) is 12.8. The molecule has 0 bridgehead atoms. The quantitative estimate of drug-likeness (QED) is 0.859. The maximum atomic E-state index is 12.5. The molecule has 2 aromatic carbocycles. The molecule has 7 heteroatoms. The first-order chi connectivity index (χ1) is 10.8. The van der Waals surface area contributed by atoms with E-state index in [1.165, 1.54) is 12.1 Å². The van der Waals surface area contributed by atoms with Crippen LogP contribution in [0.25, 0.3) is 0 Å². The van der Waals surface area contributed by atoms with Crippen LogP contribution in [0, 0.1) is 6.92 Å². The van der Waals surface area contributed by atoms with E-state index in [2.05, 4.69) is 4.72 Å². The first-order valence-corrected chi connectivity index (χ1v) is 8.69. The van der Waals surface area contributed by atoms with Gasteiger partial charge in [0.2, 0.25) is 10.0 Å². The number of nitrogens with one attached hydrogen (secondary N) is 1. The maximum absolute atomic E-state index is 12.5. The van der Waals surface area contributed by atoms with Gasteiger partial charge in [0.05, 0.1) is 10.9 Å². The minimum absolute atomic E-state index is 0.0542. The lowest BCUT2D eigenvalue weighted by Gasteiger charge is -2.21. The Bertz CT molecular complexity index is 803. The number of carbonyl (C=O) groups is 1. The number of benzene rings is 2. The minimum atomic E-state index is -3.89. The molecule has 2 rings (SSSR count). The third-order valence-electron chi connectivity index (χ3n) is 3.28. The van der Waals surface area contributed by atoms with E-state index in [0.29, 0.717) is 5.56 Å². The van der Waals surface area contributed by atoms with Crippen LogP contribution in [0.1, 0.15) is 23.6 Å². The molecule has 0 aliphatic rings. The Hall–Kier alpha value is -1.89. The minimum Gasteiger partial charge on any atom is -0.550 e. The number of rotatable bonds is 6. The molecule has 23 heavy (non-hydrogen) atoms. The van der Waals surface area contributed by atoms with Crippen LogP contribution < -0.4 is 9.83 Å². The van der Waals surface area contributed by atoms with Crippen molar-refractivity contribution in [3.63, 3.8) is 0 Å². The van der Waals surface area contributed by atoms with E-state index in [-0.39, 0.29) is 9.92 Å². The van der Waals surface area contributed by atoms with Gasteiger partial charge in [-0.1, -0.05) is 47.5 Å². The third-order valence-corrected chi connectivity index (χ3v) is 5.11. The molecule has 0 saturated heterocycles. The highest BCUT2D eigenvalue weighted by atomic mass is 35.5. The highest BCUT2D eigenvalue weighted by Crippen LogP contribution is 2.26. The molecule has 0 aliphatic carbocycles. The Morgan fingerprint density at radius 3 is 2.35 bits per heavy atom. The molecular formula is C16H15ClNO4S-. The summed E-state index contributed by atoms with van der Waals surface area (Å²) < 4.78 is 27.3. The number of carboxylic acids is 1. The summed E-state index contributed by atoms with van der Waals surface area (Å²) in [5.74, 6) is -1.37. The Morgan fingerprint density at radius 1 is 1.17 bits per heavy atom. The third kappa shape index (κ3) is 4.54. The Labute approximate surface area is 140 Å². The molecule has 0 aromatic heterocycles. The van der Waals surface area contributed by atoms with Crippen molar-refractivity contribution in [3.05, 3.63) is 64.7 Å². The fourth-order valence-electron chi connectivity index (χ4n) is 2.11. The summed E-state index contributed by atoms with van der Waals surface area (Å²) in [6.07, 6.45) is -0.519. The van der Waals surface area contributed by atoms with E-state index in [4.69, 9.17) is 11.6 Å². The van der Waals surface area contributed by atoms with Crippen molar-refractivity contribution in [3.8, 4) is 0 Å². The molecule has 0 heterocycles. The lowest BCUT2D eigenvalue weighted by Crippen LogP contribution is -2.34. The Balaban J connectivity index is 2.36. The average molecular weight is 353 g/mol. The van der Waals surface area contributed by atoms with Gasteiger partial charge < -0.3 is 9.90 Å². The van der Waals surface area contributed by atoms with Crippen LogP contribution in [0.4, 0.5) is 0 Å². The van der Waals surface area contributed by atoms with Gasteiger partial charge in [0.25, 0.3) is 0 Å². The number of hydrogen-bond acceptors (Lipinski definition) is 4. The molecule has 1 N–H and O–H groups in total. The summed E-state index contributed by atoms with van der Waals surface area (Å²) in [5.41, 5.74) is 1.30. The molecule has 2 aromatic rings. The van der Waals surface area contributed by atoms with E-state index < -0.39 is 28.5 Å². The fourth-order valence-corrected chi connectivity index (χ4v) is 3.59. The van der Waals surface area contributed by atoms with Crippen molar-refractivity contribution in [1.82, 2.24) is 4.72 Å². The second-order valence-electron chi connectivity index (χ2n) is 5.08. The molecule has 0 radical (unpaired) electrons. The van der Waals surface area contributed by atoms with Gasteiger partial charge in [-0.05, 0) is 30.7 Å². The number of aryl methyl sites for hydroxylation is 1. The maximum Gasteiger partial charge on any atom is 0.241 e. The summed E-state index contributed by atoms with van der Waals surface area (Å²) in [7, 11) is -3.89. The number of carboxylic acid groups (broad SMARTS) is 1. The van der Waals surface area contributed by atoms with Crippen molar-refractivity contribution >= 4 is 27.6 Å². The molecule has 0 aliphatic heterocycles. The molecule has 1 atom stereocenters. The zero-order valence-electron chi connectivity index (χ0n) is 12.3. The topological polar surface area (TPSA) is 86.3 Å². The zero-order chi connectivity index (χ0) is 17.0. The van der Waals surface area contributed by atoms with Crippen LogP contribution in [-0.4, -0.2) is 14.4 Å². The lowest BCUT2D eigenvalue weighted by atomic mass is 10.1. The van der Waals surface area contributed by atoms with E-state index in [0.717, 1.165) is 5.56 Å². The average Bonchev–Trinajstić information content (AvgIpc) is 2.46. The van der Waals surface area contributed by atoms with Crippen molar-refractivity contribution < 1.29 is 18.3 Å². The van der Waals surface area contributed by atoms with Gasteiger partial charge in [0.15, 0.2) is 0 Å². The lowest BCUT2D eigenvalue weighted by molar-refractivity contribution is -0.306. The van der Waals surface area contributed by atoms with Gasteiger partial charge in [-0.15, -0.1) is 0 Å². The Kier molecular flexibility index (Phi) is 5.41. The fraction of sp³-hybridized carbons (Fsp3) is 0.188. The highest BCUT2D eigenvalue weighted by molar-refractivity contribution is 7.89. The van der Waals surface area contributed by atoms with Crippen molar-refractivity contribution in [1.29, 1.82) is 0 Å². The molecule has 0 unspecified atom stereocenters. The second kappa shape index (κ2) is 7.12. The van der Waals surface area contributed by atoms with E-state index in [9.17, 15) is 18.3 Å². The smallest absolute Gasteiger partial charge is 0.241 e. The van der Waals surface area contributed by atoms with E-state index in [1.807, 2.05) is 6.92 Å². The SMILES string of the molecule is Cc1ccc(S(=O)(=O)N[C@@H](CC(=O)[O-])c2ccccc2Cl)cc1. The molecule has 0 amide bonds. The van der Waals surface area contributed by atoms with E-state index in [1.54, 1.807) is 36.4 Å². The molecule has 0 spiro atoms. The molecular weight excluding hydrogens is 338 g/mol. The van der Waals surface area contributed by atoms with Crippen molar-refractivity contribution in [2.75, 3.05) is 0 Å². The van der Waals surface area contributed by atoms with Gasteiger partial charge >= 0.3 is 0 Å². The number of hydrogen-bond donors (Lipinski definition) is 1. The summed E-state index contributed by atoms with van der Waals surface area (Å²) in [5, 5.41) is 11.3. The summed E-state index contributed by atoms with van der Waals surface area (Å²) in [4.78, 5) is 11.0. The summed E-state index contributed by atoms with van der Waals surface area (Å²) >= 11 is 6.05. The van der Waals surface area contributed by atoms with Crippen LogP contribution in [0.2, 0.25) is 5.02 Å². The molecule has 122 valence electrons. The number of carbonyl (C=O) groups excluding carboxylic acids is 1. The summed E-state index contributed by atoms with van der Waals surface area (Å²) in [6.45, 7) is 1.84. The van der Waals surface area contributed by atoms with Crippen LogP contribution in [0.3, 0.4) is 0 Å². The number of aliphatic carboxylic acids is 1. The van der Waals surface area contributed by atoms with Crippen LogP contribution >= 0.6 is 11.6 Å². The standard InChI is InChI=1S/C16H16ClNO4S/c1-11-6-8-12(9-7-11)23(21,22)18-15(10-16(19)20)13-4-2-3-5-14(13)17/h2-9,15,18H,10H2,1H3,(H,19,20)/p-1/t15-/m0/s1. The van der Waals surface area contributed by atoms with Crippen LogP contribution in [0.15, 0.2) is 53.4 Å². The summed E-state index contributed by atoms with van der Waals surface area (Å²) in [6, 6.07) is 11.7. The van der Waals surface area contributed by atoms with Gasteiger partial charge in [-0.3, -0.25) is 0 Å². The Morgan fingerprint density at radius 2 is 1.78 bits per heavy atom. The zero-order valence-corrected chi connectivity index (χ0v) is 13.9. The highest BCUT2D eigenvalue weighted by Gasteiger charge is 2.23. The van der Waals surface area contributed by atoms with Crippen molar-refractivity contribution in [2.24, 2.45) is 0 Å². The first kappa shape index (κ1) is 17.5. The van der Waals surface area contributed by atoms with Gasteiger partial charge in [-0.25, -0.2) is 13.1 Å². The van der Waals surface area contributed by atoms with Gasteiger partial charge in [0, 0.05) is 17.4 Å². The largest absolute Gasteiger partial charge is 0.550 e. The molecule has 0 fully saturated rings.